The molecule has 1 fully saturated rings. The lowest BCUT2D eigenvalue weighted by atomic mass is 10.1. The standard InChI is InChI=1S/C17H22FN5O/c1-12-16-21-20-15(11-24-17-14(18)7-4-8-19-17)23(16)10-9-22(12)13-5-2-3-6-13/h4,7-8,12-13H,2-3,5-6,9-11H2,1H3/t12-/m1/s1. The van der Waals surface area contributed by atoms with E-state index in [9.17, 15) is 4.39 Å². The molecule has 0 N–H and O–H groups in total. The molecule has 4 rings (SSSR count). The van der Waals surface area contributed by atoms with Crippen LogP contribution in [0.3, 0.4) is 0 Å². The summed E-state index contributed by atoms with van der Waals surface area (Å²) in [6.07, 6.45) is 6.74. The Labute approximate surface area is 140 Å². The molecule has 128 valence electrons. The molecule has 24 heavy (non-hydrogen) atoms. The van der Waals surface area contributed by atoms with E-state index in [-0.39, 0.29) is 18.5 Å². The molecule has 0 radical (unpaired) electrons. The van der Waals surface area contributed by atoms with Crippen LogP contribution in [0, 0.1) is 5.82 Å². The van der Waals surface area contributed by atoms with Crippen molar-refractivity contribution in [1.82, 2.24) is 24.6 Å². The first-order chi connectivity index (χ1) is 11.7. The van der Waals surface area contributed by atoms with Crippen molar-refractivity contribution in [2.24, 2.45) is 0 Å². The molecule has 3 heterocycles. The molecule has 2 aromatic heterocycles. The predicted octanol–water partition coefficient (Wildman–Crippen LogP) is 2.71. The second kappa shape index (κ2) is 6.47. The number of hydrogen-bond donors (Lipinski definition) is 0. The van der Waals surface area contributed by atoms with Gasteiger partial charge in [-0.25, -0.2) is 9.37 Å². The van der Waals surface area contributed by atoms with Gasteiger partial charge < -0.3 is 9.30 Å². The van der Waals surface area contributed by atoms with Crippen LogP contribution in [-0.2, 0) is 13.2 Å². The summed E-state index contributed by atoms with van der Waals surface area (Å²) in [6, 6.07) is 3.81. The highest BCUT2D eigenvalue weighted by Crippen LogP contribution is 2.33. The van der Waals surface area contributed by atoms with Crippen molar-refractivity contribution in [3.63, 3.8) is 0 Å². The Bertz CT molecular complexity index is 713. The molecule has 1 saturated carbocycles. The summed E-state index contributed by atoms with van der Waals surface area (Å²) in [5.74, 6) is 1.25. The van der Waals surface area contributed by atoms with Crippen LogP contribution in [0.15, 0.2) is 18.3 Å². The minimum atomic E-state index is -0.461. The van der Waals surface area contributed by atoms with Gasteiger partial charge >= 0.3 is 0 Å². The van der Waals surface area contributed by atoms with E-state index < -0.39 is 5.82 Å². The maximum Gasteiger partial charge on any atom is 0.250 e. The summed E-state index contributed by atoms with van der Waals surface area (Å²) in [5.41, 5.74) is 0. The van der Waals surface area contributed by atoms with E-state index in [4.69, 9.17) is 4.74 Å². The normalized spacial score (nSPS) is 21.8. The molecule has 2 aromatic rings. The molecular weight excluding hydrogens is 309 g/mol. The lowest BCUT2D eigenvalue weighted by molar-refractivity contribution is 0.108. The number of halogens is 1. The molecule has 0 aromatic carbocycles. The van der Waals surface area contributed by atoms with Crippen LogP contribution in [0.2, 0.25) is 0 Å². The Balaban J connectivity index is 1.48. The zero-order valence-corrected chi connectivity index (χ0v) is 13.9. The van der Waals surface area contributed by atoms with Gasteiger partial charge in [-0.2, -0.15) is 0 Å². The third kappa shape index (κ3) is 2.77. The summed E-state index contributed by atoms with van der Waals surface area (Å²) in [5, 5.41) is 8.64. The van der Waals surface area contributed by atoms with E-state index in [2.05, 4.69) is 31.6 Å². The van der Waals surface area contributed by atoms with Crippen LogP contribution >= 0.6 is 0 Å². The summed E-state index contributed by atoms with van der Waals surface area (Å²) in [7, 11) is 0. The fourth-order valence-corrected chi connectivity index (χ4v) is 3.91. The van der Waals surface area contributed by atoms with Crippen molar-refractivity contribution in [2.45, 2.75) is 57.8 Å². The van der Waals surface area contributed by atoms with Crippen molar-refractivity contribution in [3.8, 4) is 5.88 Å². The fraction of sp³-hybridized carbons (Fsp3) is 0.588. The molecule has 0 saturated heterocycles. The average molecular weight is 331 g/mol. The fourth-order valence-electron chi connectivity index (χ4n) is 3.91. The van der Waals surface area contributed by atoms with Crippen LogP contribution < -0.4 is 4.74 Å². The molecule has 1 aliphatic heterocycles. The lowest BCUT2D eigenvalue weighted by Gasteiger charge is -2.37. The molecular formula is C17H22FN5O. The van der Waals surface area contributed by atoms with Gasteiger partial charge in [0.05, 0.1) is 6.04 Å². The molecule has 0 spiro atoms. The number of pyridine rings is 1. The Morgan fingerprint density at radius 1 is 1.25 bits per heavy atom. The highest BCUT2D eigenvalue weighted by molar-refractivity contribution is 5.13. The first kappa shape index (κ1) is 15.5. The van der Waals surface area contributed by atoms with Gasteiger partial charge in [-0.15, -0.1) is 10.2 Å². The first-order valence-corrected chi connectivity index (χ1v) is 8.65. The lowest BCUT2D eigenvalue weighted by Crippen LogP contribution is -2.43. The van der Waals surface area contributed by atoms with Crippen molar-refractivity contribution >= 4 is 0 Å². The number of hydrogen-bond acceptors (Lipinski definition) is 5. The van der Waals surface area contributed by atoms with Crippen molar-refractivity contribution < 1.29 is 9.13 Å². The Hall–Kier alpha value is -2.02. The highest BCUT2D eigenvalue weighted by Gasteiger charge is 2.33. The van der Waals surface area contributed by atoms with E-state index in [0.29, 0.717) is 6.04 Å². The average Bonchev–Trinajstić information content (AvgIpc) is 3.24. The second-order valence-corrected chi connectivity index (χ2v) is 6.56. The number of fused-ring (bicyclic) bond motifs is 1. The van der Waals surface area contributed by atoms with Gasteiger partial charge in [-0.3, -0.25) is 4.90 Å². The summed E-state index contributed by atoms with van der Waals surface area (Å²) >= 11 is 0. The highest BCUT2D eigenvalue weighted by atomic mass is 19.1. The summed E-state index contributed by atoms with van der Waals surface area (Å²) < 4.78 is 21.2. The maximum atomic E-state index is 13.6. The van der Waals surface area contributed by atoms with E-state index >= 15 is 0 Å². The second-order valence-electron chi connectivity index (χ2n) is 6.56. The Morgan fingerprint density at radius 2 is 2.08 bits per heavy atom. The topological polar surface area (TPSA) is 56.1 Å². The van der Waals surface area contributed by atoms with Gasteiger partial charge in [0.25, 0.3) is 5.88 Å². The van der Waals surface area contributed by atoms with E-state index in [1.54, 1.807) is 6.07 Å². The molecule has 0 bridgehead atoms. The quantitative estimate of drug-likeness (QED) is 0.862. The van der Waals surface area contributed by atoms with Gasteiger partial charge in [0.2, 0.25) is 0 Å². The molecule has 1 atom stereocenters. The number of ether oxygens (including phenoxy) is 1. The largest absolute Gasteiger partial charge is 0.467 e. The number of aromatic nitrogens is 4. The third-order valence-corrected chi connectivity index (χ3v) is 5.17. The van der Waals surface area contributed by atoms with Crippen LogP contribution in [-0.4, -0.2) is 37.2 Å². The van der Waals surface area contributed by atoms with Crippen molar-refractivity contribution in [3.05, 3.63) is 35.8 Å². The van der Waals surface area contributed by atoms with E-state index in [1.807, 2.05) is 0 Å². The van der Waals surface area contributed by atoms with Crippen molar-refractivity contribution in [1.29, 1.82) is 0 Å². The van der Waals surface area contributed by atoms with Crippen LogP contribution in [0.25, 0.3) is 0 Å². The number of nitrogens with zero attached hydrogens (tertiary/aromatic N) is 5. The zero-order valence-electron chi connectivity index (χ0n) is 13.9. The summed E-state index contributed by atoms with van der Waals surface area (Å²) in [6.45, 7) is 4.23. The molecule has 7 heteroatoms. The summed E-state index contributed by atoms with van der Waals surface area (Å²) in [4.78, 5) is 6.46. The zero-order chi connectivity index (χ0) is 16.5. The monoisotopic (exact) mass is 331 g/mol. The minimum absolute atomic E-state index is 0.00582. The smallest absolute Gasteiger partial charge is 0.250 e. The first-order valence-electron chi connectivity index (χ1n) is 8.65. The predicted molar refractivity (Wildman–Crippen MR) is 85.9 cm³/mol. The number of rotatable bonds is 4. The van der Waals surface area contributed by atoms with Gasteiger partial charge in [0.15, 0.2) is 11.6 Å². The van der Waals surface area contributed by atoms with Gasteiger partial charge in [-0.1, -0.05) is 12.8 Å². The molecule has 2 aliphatic rings. The van der Waals surface area contributed by atoms with Crippen LogP contribution in [0.5, 0.6) is 5.88 Å². The van der Waals surface area contributed by atoms with Gasteiger partial charge in [0.1, 0.15) is 12.4 Å². The van der Waals surface area contributed by atoms with Crippen LogP contribution in [0.1, 0.15) is 50.3 Å². The Morgan fingerprint density at radius 3 is 2.88 bits per heavy atom. The minimum Gasteiger partial charge on any atom is -0.467 e. The molecule has 0 unspecified atom stereocenters. The molecule has 1 aliphatic carbocycles. The SMILES string of the molecule is C[C@@H]1c2nnc(COc3ncccc3F)n2CCN1C1CCCC1. The molecule has 0 amide bonds. The van der Waals surface area contributed by atoms with Gasteiger partial charge in [0, 0.05) is 25.3 Å². The van der Waals surface area contributed by atoms with Crippen LogP contribution in [0.4, 0.5) is 4.39 Å². The maximum absolute atomic E-state index is 13.6. The Kier molecular flexibility index (Phi) is 4.18. The van der Waals surface area contributed by atoms with Gasteiger partial charge in [-0.05, 0) is 31.9 Å². The van der Waals surface area contributed by atoms with E-state index in [1.165, 1.54) is 37.9 Å². The molecule has 6 nitrogen and oxygen atoms in total. The van der Waals surface area contributed by atoms with Crippen molar-refractivity contribution in [2.75, 3.05) is 6.54 Å². The van der Waals surface area contributed by atoms with E-state index in [0.717, 1.165) is 24.7 Å². The third-order valence-electron chi connectivity index (χ3n) is 5.17.